The van der Waals surface area contributed by atoms with Crippen LogP contribution in [0.25, 0.3) is 11.3 Å². The molecular weight excluding hydrogens is 290 g/mol. The zero-order chi connectivity index (χ0) is 15.8. The number of anilines is 2. The van der Waals surface area contributed by atoms with Crippen LogP contribution in [0.4, 0.5) is 11.8 Å². The summed E-state index contributed by atoms with van der Waals surface area (Å²) in [5.41, 5.74) is 8.15. The van der Waals surface area contributed by atoms with Gasteiger partial charge in [0.1, 0.15) is 5.82 Å². The van der Waals surface area contributed by atoms with Crippen molar-refractivity contribution in [2.45, 2.75) is 37.8 Å². The Morgan fingerprint density at radius 1 is 1.04 bits per heavy atom. The van der Waals surface area contributed by atoms with Gasteiger partial charge in [0.05, 0.1) is 5.69 Å². The van der Waals surface area contributed by atoms with Gasteiger partial charge in [-0.05, 0) is 37.8 Å². The normalized spacial score (nSPS) is 16.9. The van der Waals surface area contributed by atoms with Gasteiger partial charge in [0.2, 0.25) is 5.95 Å². The average Bonchev–Trinajstić information content (AvgIpc) is 3.44. The second kappa shape index (κ2) is 5.53. The van der Waals surface area contributed by atoms with Crippen LogP contribution in [0, 0.1) is 0 Å². The smallest absolute Gasteiger partial charge is 0.251 e. The fourth-order valence-corrected chi connectivity index (χ4v) is 2.41. The average molecular weight is 309 g/mol. The summed E-state index contributed by atoms with van der Waals surface area (Å²) in [7, 11) is 0. The maximum Gasteiger partial charge on any atom is 0.251 e. The lowest BCUT2D eigenvalue weighted by atomic mass is 10.1. The van der Waals surface area contributed by atoms with Crippen molar-refractivity contribution in [1.82, 2.24) is 15.3 Å². The van der Waals surface area contributed by atoms with Crippen LogP contribution < -0.4 is 16.4 Å². The number of nitrogens with zero attached hydrogens (tertiary/aromatic N) is 2. The third kappa shape index (κ3) is 3.41. The van der Waals surface area contributed by atoms with Crippen LogP contribution in [0.1, 0.15) is 36.0 Å². The SMILES string of the molecule is Nc1nc(NC2CC2)cc(-c2ccc(C(=O)NC3CC3)cc2)n1. The summed E-state index contributed by atoms with van der Waals surface area (Å²) < 4.78 is 0. The molecule has 4 rings (SSSR count). The fourth-order valence-electron chi connectivity index (χ4n) is 2.41. The molecule has 1 amide bonds. The van der Waals surface area contributed by atoms with Gasteiger partial charge in [0, 0.05) is 29.3 Å². The van der Waals surface area contributed by atoms with Gasteiger partial charge in [-0.2, -0.15) is 4.98 Å². The number of hydrogen-bond donors (Lipinski definition) is 3. The topological polar surface area (TPSA) is 92.9 Å². The van der Waals surface area contributed by atoms with Gasteiger partial charge in [0.25, 0.3) is 5.91 Å². The first-order chi connectivity index (χ1) is 11.2. The molecule has 0 spiro atoms. The van der Waals surface area contributed by atoms with E-state index in [4.69, 9.17) is 5.73 Å². The number of nitrogens with one attached hydrogen (secondary N) is 2. The van der Waals surface area contributed by atoms with Crippen LogP contribution in [-0.4, -0.2) is 28.0 Å². The molecule has 2 aliphatic rings. The van der Waals surface area contributed by atoms with Crippen molar-refractivity contribution >= 4 is 17.7 Å². The predicted molar refractivity (Wildman–Crippen MR) is 89.0 cm³/mol. The third-order valence-corrected chi connectivity index (χ3v) is 4.03. The molecule has 23 heavy (non-hydrogen) atoms. The number of amides is 1. The molecule has 0 unspecified atom stereocenters. The van der Waals surface area contributed by atoms with E-state index in [-0.39, 0.29) is 11.9 Å². The number of benzene rings is 1. The lowest BCUT2D eigenvalue weighted by Gasteiger charge is -2.08. The summed E-state index contributed by atoms with van der Waals surface area (Å²) in [5.74, 6) is 0.990. The zero-order valence-electron chi connectivity index (χ0n) is 12.7. The summed E-state index contributed by atoms with van der Waals surface area (Å²) in [5, 5.41) is 6.31. The van der Waals surface area contributed by atoms with Crippen molar-refractivity contribution in [3.8, 4) is 11.3 Å². The van der Waals surface area contributed by atoms with Gasteiger partial charge < -0.3 is 16.4 Å². The summed E-state index contributed by atoms with van der Waals surface area (Å²) in [4.78, 5) is 20.5. The van der Waals surface area contributed by atoms with Gasteiger partial charge in [-0.1, -0.05) is 12.1 Å². The van der Waals surface area contributed by atoms with Crippen molar-refractivity contribution in [3.63, 3.8) is 0 Å². The van der Waals surface area contributed by atoms with E-state index in [9.17, 15) is 4.79 Å². The van der Waals surface area contributed by atoms with Gasteiger partial charge in [-0.15, -0.1) is 0 Å². The van der Waals surface area contributed by atoms with Crippen LogP contribution >= 0.6 is 0 Å². The highest BCUT2D eigenvalue weighted by molar-refractivity contribution is 5.95. The molecule has 0 bridgehead atoms. The molecule has 0 radical (unpaired) electrons. The Morgan fingerprint density at radius 3 is 2.39 bits per heavy atom. The van der Waals surface area contributed by atoms with Crippen molar-refractivity contribution in [2.75, 3.05) is 11.1 Å². The Hall–Kier alpha value is -2.63. The molecule has 0 saturated heterocycles. The maximum atomic E-state index is 12.0. The molecule has 6 heteroatoms. The molecule has 2 fully saturated rings. The minimum Gasteiger partial charge on any atom is -0.368 e. The van der Waals surface area contributed by atoms with Crippen molar-refractivity contribution in [2.24, 2.45) is 0 Å². The largest absolute Gasteiger partial charge is 0.368 e. The number of nitrogen functional groups attached to an aromatic ring is 1. The van der Waals surface area contributed by atoms with E-state index < -0.39 is 0 Å². The molecule has 0 aliphatic heterocycles. The van der Waals surface area contributed by atoms with E-state index in [0.717, 1.165) is 29.9 Å². The molecule has 2 aliphatic carbocycles. The van der Waals surface area contributed by atoms with Crippen molar-refractivity contribution < 1.29 is 4.79 Å². The number of rotatable bonds is 5. The number of carbonyl (C=O) groups excluding carboxylic acids is 1. The molecule has 0 atom stereocenters. The zero-order valence-corrected chi connectivity index (χ0v) is 12.7. The first-order valence-corrected chi connectivity index (χ1v) is 8.00. The van der Waals surface area contributed by atoms with Crippen molar-refractivity contribution in [1.29, 1.82) is 0 Å². The first kappa shape index (κ1) is 14.0. The number of hydrogen-bond acceptors (Lipinski definition) is 5. The van der Waals surface area contributed by atoms with E-state index in [0.29, 0.717) is 17.6 Å². The highest BCUT2D eigenvalue weighted by Crippen LogP contribution is 2.27. The van der Waals surface area contributed by atoms with Gasteiger partial charge in [0.15, 0.2) is 0 Å². The molecular formula is C17H19N5O. The van der Waals surface area contributed by atoms with Gasteiger partial charge >= 0.3 is 0 Å². The van der Waals surface area contributed by atoms with Crippen LogP contribution in [0.2, 0.25) is 0 Å². The minimum absolute atomic E-state index is 0.0164. The third-order valence-electron chi connectivity index (χ3n) is 4.03. The molecule has 2 aromatic rings. The summed E-state index contributed by atoms with van der Waals surface area (Å²) in [6.07, 6.45) is 4.51. The number of nitrogens with two attached hydrogens (primary N) is 1. The van der Waals surface area contributed by atoms with E-state index in [1.54, 1.807) is 0 Å². The lowest BCUT2D eigenvalue weighted by molar-refractivity contribution is 0.0951. The Bertz CT molecular complexity index is 735. The quantitative estimate of drug-likeness (QED) is 0.787. The Balaban J connectivity index is 1.54. The minimum atomic E-state index is -0.0164. The van der Waals surface area contributed by atoms with Crippen LogP contribution in [0.5, 0.6) is 0 Å². The maximum absolute atomic E-state index is 12.0. The fraction of sp³-hybridized carbons (Fsp3) is 0.353. The molecule has 1 aromatic carbocycles. The van der Waals surface area contributed by atoms with Crippen LogP contribution in [-0.2, 0) is 0 Å². The van der Waals surface area contributed by atoms with E-state index in [1.165, 1.54) is 12.8 Å². The van der Waals surface area contributed by atoms with Crippen LogP contribution in [0.3, 0.4) is 0 Å². The summed E-state index contributed by atoms with van der Waals surface area (Å²) in [6, 6.07) is 10.2. The monoisotopic (exact) mass is 309 g/mol. The molecule has 4 N–H and O–H groups in total. The van der Waals surface area contributed by atoms with E-state index >= 15 is 0 Å². The highest BCUT2D eigenvalue weighted by Gasteiger charge is 2.24. The number of carbonyl (C=O) groups is 1. The number of aromatic nitrogens is 2. The first-order valence-electron chi connectivity index (χ1n) is 8.00. The Kier molecular flexibility index (Phi) is 3.37. The van der Waals surface area contributed by atoms with E-state index in [1.807, 2.05) is 30.3 Å². The Morgan fingerprint density at radius 2 is 1.74 bits per heavy atom. The lowest BCUT2D eigenvalue weighted by Crippen LogP contribution is -2.25. The predicted octanol–water partition coefficient (Wildman–Crippen LogP) is 2.19. The van der Waals surface area contributed by atoms with Gasteiger partial charge in [-0.3, -0.25) is 4.79 Å². The second-order valence-corrected chi connectivity index (χ2v) is 6.24. The summed E-state index contributed by atoms with van der Waals surface area (Å²) in [6.45, 7) is 0. The van der Waals surface area contributed by atoms with E-state index in [2.05, 4.69) is 20.6 Å². The van der Waals surface area contributed by atoms with Gasteiger partial charge in [-0.25, -0.2) is 4.98 Å². The molecule has 118 valence electrons. The van der Waals surface area contributed by atoms with Crippen molar-refractivity contribution in [3.05, 3.63) is 35.9 Å². The second-order valence-electron chi connectivity index (χ2n) is 6.24. The van der Waals surface area contributed by atoms with Crippen LogP contribution in [0.15, 0.2) is 30.3 Å². The molecule has 6 nitrogen and oxygen atoms in total. The molecule has 1 heterocycles. The standard InChI is InChI=1S/C17H19N5O/c18-17-21-14(9-15(22-17)19-12-5-6-12)10-1-3-11(4-2-10)16(23)20-13-7-8-13/h1-4,9,12-13H,5-8H2,(H,20,23)(H3,18,19,21,22). The Labute approximate surface area is 134 Å². The molecule has 2 saturated carbocycles. The highest BCUT2D eigenvalue weighted by atomic mass is 16.1. The molecule has 1 aromatic heterocycles. The summed E-state index contributed by atoms with van der Waals surface area (Å²) >= 11 is 0.